The van der Waals surface area contributed by atoms with Crippen LogP contribution in [-0.2, 0) is 4.79 Å². The zero-order chi connectivity index (χ0) is 15.2. The summed E-state index contributed by atoms with van der Waals surface area (Å²) in [5.74, 6) is -0.334. The largest absolute Gasteiger partial charge is 0.326 e. The topological polar surface area (TPSA) is 71.1 Å². The summed E-state index contributed by atoms with van der Waals surface area (Å²) in [6.45, 7) is 3.66. The van der Waals surface area contributed by atoms with Crippen molar-refractivity contribution in [1.29, 1.82) is 0 Å². The number of nitrogens with zero attached hydrogens (tertiary/aromatic N) is 1. The molecule has 0 atom stereocenters. The fraction of sp³-hybridized carbons (Fsp3) is 0.188. The van der Waals surface area contributed by atoms with E-state index in [-0.39, 0.29) is 17.7 Å². The maximum Gasteiger partial charge on any atom is 0.257 e. The molecule has 2 amide bonds. The van der Waals surface area contributed by atoms with E-state index in [4.69, 9.17) is 0 Å². The van der Waals surface area contributed by atoms with Gasteiger partial charge >= 0.3 is 0 Å². The molecule has 1 aromatic carbocycles. The highest BCUT2D eigenvalue weighted by Crippen LogP contribution is 2.15. The molecule has 2 aromatic rings. The third-order valence-electron chi connectivity index (χ3n) is 2.86. The van der Waals surface area contributed by atoms with Crippen LogP contribution in [0.5, 0.6) is 0 Å². The molecule has 0 aliphatic rings. The van der Waals surface area contributed by atoms with Crippen LogP contribution in [0.4, 0.5) is 11.4 Å². The Morgan fingerprint density at radius 2 is 1.62 bits per heavy atom. The van der Waals surface area contributed by atoms with Crippen molar-refractivity contribution in [2.75, 3.05) is 10.6 Å². The van der Waals surface area contributed by atoms with Crippen LogP contribution in [0.25, 0.3) is 0 Å². The Morgan fingerprint density at radius 1 is 1.00 bits per heavy atom. The number of hydrogen-bond acceptors (Lipinski definition) is 3. The van der Waals surface area contributed by atoms with Crippen LogP contribution in [0.3, 0.4) is 0 Å². The van der Waals surface area contributed by atoms with Gasteiger partial charge in [-0.1, -0.05) is 13.8 Å². The number of rotatable bonds is 4. The Morgan fingerprint density at radius 3 is 2.14 bits per heavy atom. The molecule has 1 heterocycles. The van der Waals surface area contributed by atoms with Gasteiger partial charge in [0.25, 0.3) is 5.91 Å². The highest BCUT2D eigenvalue weighted by molar-refractivity contribution is 6.04. The number of aromatic nitrogens is 1. The lowest BCUT2D eigenvalue weighted by molar-refractivity contribution is -0.118. The lowest BCUT2D eigenvalue weighted by Gasteiger charge is -2.09. The first-order valence-electron chi connectivity index (χ1n) is 6.68. The van der Waals surface area contributed by atoms with Crippen molar-refractivity contribution in [3.63, 3.8) is 0 Å². The van der Waals surface area contributed by atoms with E-state index in [0.29, 0.717) is 16.9 Å². The van der Waals surface area contributed by atoms with Gasteiger partial charge in [0.15, 0.2) is 0 Å². The molecule has 0 aliphatic carbocycles. The van der Waals surface area contributed by atoms with Crippen molar-refractivity contribution in [2.24, 2.45) is 5.92 Å². The number of pyridine rings is 1. The van der Waals surface area contributed by atoms with Gasteiger partial charge in [0, 0.05) is 29.7 Å². The molecule has 0 saturated heterocycles. The van der Waals surface area contributed by atoms with Crippen molar-refractivity contribution in [2.45, 2.75) is 13.8 Å². The molecule has 5 heteroatoms. The third-order valence-corrected chi connectivity index (χ3v) is 2.86. The van der Waals surface area contributed by atoms with E-state index in [0.717, 1.165) is 0 Å². The summed E-state index contributed by atoms with van der Waals surface area (Å²) in [6, 6.07) is 10.4. The summed E-state index contributed by atoms with van der Waals surface area (Å²) >= 11 is 0. The van der Waals surface area contributed by atoms with E-state index in [9.17, 15) is 9.59 Å². The number of carbonyl (C=O) groups excluding carboxylic acids is 2. The number of carbonyl (C=O) groups is 2. The third kappa shape index (κ3) is 4.14. The highest BCUT2D eigenvalue weighted by Gasteiger charge is 2.08. The second-order valence-electron chi connectivity index (χ2n) is 4.92. The summed E-state index contributed by atoms with van der Waals surface area (Å²) in [7, 11) is 0. The van der Waals surface area contributed by atoms with E-state index in [1.807, 2.05) is 13.8 Å². The summed E-state index contributed by atoms with van der Waals surface area (Å²) in [4.78, 5) is 27.4. The molecular formula is C16H17N3O2. The lowest BCUT2D eigenvalue weighted by atomic mass is 10.2. The van der Waals surface area contributed by atoms with E-state index in [1.54, 1.807) is 42.6 Å². The molecule has 0 radical (unpaired) electrons. The van der Waals surface area contributed by atoms with Crippen molar-refractivity contribution < 1.29 is 9.59 Å². The molecule has 2 rings (SSSR count). The Balaban J connectivity index is 2.00. The standard InChI is InChI=1S/C16H17N3O2/c1-11(2)15(20)18-13-5-7-14(8-6-13)19-16(21)12-4-3-9-17-10-12/h3-11H,1-2H3,(H,18,20)(H,19,21). The molecule has 21 heavy (non-hydrogen) atoms. The molecular weight excluding hydrogens is 266 g/mol. The minimum atomic E-state index is -0.220. The smallest absolute Gasteiger partial charge is 0.257 e. The van der Waals surface area contributed by atoms with Gasteiger partial charge < -0.3 is 10.6 Å². The van der Waals surface area contributed by atoms with Crippen molar-refractivity contribution in [1.82, 2.24) is 4.98 Å². The molecule has 0 fully saturated rings. The van der Waals surface area contributed by atoms with E-state index >= 15 is 0 Å². The van der Waals surface area contributed by atoms with Crippen molar-refractivity contribution in [3.8, 4) is 0 Å². The summed E-state index contributed by atoms with van der Waals surface area (Å²) in [6.07, 6.45) is 3.12. The Hall–Kier alpha value is -2.69. The van der Waals surface area contributed by atoms with Crippen LogP contribution in [0.1, 0.15) is 24.2 Å². The second-order valence-corrected chi connectivity index (χ2v) is 4.92. The second kappa shape index (κ2) is 6.65. The predicted molar refractivity (Wildman–Crippen MR) is 82.1 cm³/mol. The summed E-state index contributed by atoms with van der Waals surface area (Å²) < 4.78 is 0. The van der Waals surface area contributed by atoms with Gasteiger partial charge in [0.1, 0.15) is 0 Å². The van der Waals surface area contributed by atoms with Gasteiger partial charge in [-0.2, -0.15) is 0 Å². The average Bonchev–Trinajstić information content (AvgIpc) is 2.50. The molecule has 0 aliphatic heterocycles. The Labute approximate surface area is 123 Å². The monoisotopic (exact) mass is 283 g/mol. The van der Waals surface area contributed by atoms with Crippen molar-refractivity contribution >= 4 is 23.2 Å². The van der Waals surface area contributed by atoms with Gasteiger partial charge in [-0.05, 0) is 36.4 Å². The number of nitrogens with one attached hydrogen (secondary N) is 2. The van der Waals surface area contributed by atoms with Gasteiger partial charge in [0.2, 0.25) is 5.91 Å². The van der Waals surface area contributed by atoms with E-state index < -0.39 is 0 Å². The van der Waals surface area contributed by atoms with Crippen LogP contribution in [0, 0.1) is 5.92 Å². The van der Waals surface area contributed by atoms with Crippen LogP contribution in [-0.4, -0.2) is 16.8 Å². The minimum absolute atomic E-state index is 0.0397. The van der Waals surface area contributed by atoms with E-state index in [1.165, 1.54) is 6.20 Å². The van der Waals surface area contributed by atoms with Gasteiger partial charge in [-0.25, -0.2) is 0 Å². The zero-order valence-corrected chi connectivity index (χ0v) is 12.0. The molecule has 0 saturated carbocycles. The van der Waals surface area contributed by atoms with Crippen LogP contribution in [0.2, 0.25) is 0 Å². The molecule has 2 N–H and O–H groups in total. The lowest BCUT2D eigenvalue weighted by Crippen LogP contribution is -2.17. The summed E-state index contributed by atoms with van der Waals surface area (Å²) in [5, 5.41) is 5.56. The highest BCUT2D eigenvalue weighted by atomic mass is 16.2. The maximum atomic E-state index is 11.9. The first-order valence-corrected chi connectivity index (χ1v) is 6.68. The minimum Gasteiger partial charge on any atom is -0.326 e. The molecule has 108 valence electrons. The quantitative estimate of drug-likeness (QED) is 0.906. The fourth-order valence-corrected chi connectivity index (χ4v) is 1.62. The Bertz CT molecular complexity index is 622. The average molecular weight is 283 g/mol. The SMILES string of the molecule is CC(C)C(=O)Nc1ccc(NC(=O)c2cccnc2)cc1. The Kier molecular flexibility index (Phi) is 4.66. The molecule has 5 nitrogen and oxygen atoms in total. The number of amides is 2. The zero-order valence-electron chi connectivity index (χ0n) is 12.0. The maximum absolute atomic E-state index is 11.9. The summed E-state index contributed by atoms with van der Waals surface area (Å²) in [5.41, 5.74) is 1.86. The molecule has 0 unspecified atom stereocenters. The van der Waals surface area contributed by atoms with Gasteiger partial charge in [-0.15, -0.1) is 0 Å². The number of anilines is 2. The first-order chi connectivity index (χ1) is 10.1. The molecule has 0 spiro atoms. The first kappa shape index (κ1) is 14.7. The molecule has 1 aromatic heterocycles. The van der Waals surface area contributed by atoms with Crippen LogP contribution in [0.15, 0.2) is 48.8 Å². The number of benzene rings is 1. The predicted octanol–water partition coefficient (Wildman–Crippen LogP) is 2.93. The van der Waals surface area contributed by atoms with Crippen molar-refractivity contribution in [3.05, 3.63) is 54.4 Å². The van der Waals surface area contributed by atoms with Crippen LogP contribution >= 0.6 is 0 Å². The van der Waals surface area contributed by atoms with Crippen LogP contribution < -0.4 is 10.6 Å². The van der Waals surface area contributed by atoms with E-state index in [2.05, 4.69) is 15.6 Å². The van der Waals surface area contributed by atoms with Gasteiger partial charge in [0.05, 0.1) is 5.56 Å². The van der Waals surface area contributed by atoms with Gasteiger partial charge in [-0.3, -0.25) is 14.6 Å². The fourth-order valence-electron chi connectivity index (χ4n) is 1.62. The molecule has 0 bridgehead atoms. The normalized spacial score (nSPS) is 10.2. The number of hydrogen-bond donors (Lipinski definition) is 2.